The van der Waals surface area contributed by atoms with E-state index in [0.717, 1.165) is 30.4 Å². The molecule has 4 heteroatoms. The normalized spacial score (nSPS) is 42.5. The van der Waals surface area contributed by atoms with Crippen LogP contribution in [0.5, 0.6) is 0 Å². The van der Waals surface area contributed by atoms with Crippen LogP contribution in [-0.4, -0.2) is 34.0 Å². The molecule has 4 saturated carbocycles. The summed E-state index contributed by atoms with van der Waals surface area (Å²) in [5.74, 6) is 1.26. The van der Waals surface area contributed by atoms with Gasteiger partial charge in [-0.3, -0.25) is 9.59 Å². The average Bonchev–Trinajstić information content (AvgIpc) is 3.23. The van der Waals surface area contributed by atoms with E-state index in [0.29, 0.717) is 37.0 Å². The summed E-state index contributed by atoms with van der Waals surface area (Å²) in [7, 11) is 0. The molecule has 2 unspecified atom stereocenters. The number of carbonyl (C=O) groups excluding carboxylic acids is 2. The third-order valence-electron chi connectivity index (χ3n) is 9.01. The Morgan fingerprint density at radius 1 is 1.16 bits per heavy atom. The molecule has 7 atom stereocenters. The molecule has 0 aromatic carbocycles. The summed E-state index contributed by atoms with van der Waals surface area (Å²) in [6.07, 6.45) is 12.1. The second-order valence-electron chi connectivity index (χ2n) is 10.9. The van der Waals surface area contributed by atoms with E-state index >= 15 is 0 Å². The van der Waals surface area contributed by atoms with Gasteiger partial charge in [-0.25, -0.2) is 0 Å². The lowest BCUT2D eigenvalue weighted by Gasteiger charge is -2.44. The summed E-state index contributed by atoms with van der Waals surface area (Å²) in [6, 6.07) is 0. The number of hydrogen-bond donors (Lipinski definition) is 2. The Bertz CT molecular complexity index is 821. The van der Waals surface area contributed by atoms with Crippen LogP contribution in [0.4, 0.5) is 0 Å². The Morgan fingerprint density at radius 2 is 1.94 bits per heavy atom. The SMILES string of the molecule is C=C1C(=CC=C2CCC[C@@]3(C)C2CC[C@@H]3[C@H](C)CC2CCC(=O)C2=O)C[C@@H](O)C[C@@H]1O. The number of Topliss-reactive ketones (excluding diaryl/α,β-unsaturated/α-hetero) is 2. The molecule has 0 aliphatic heterocycles. The van der Waals surface area contributed by atoms with Gasteiger partial charge in [-0.15, -0.1) is 0 Å². The molecule has 0 aromatic rings. The van der Waals surface area contributed by atoms with Crippen molar-refractivity contribution in [1.82, 2.24) is 0 Å². The number of ketones is 2. The fraction of sp³-hybridized carbons (Fsp3) is 0.704. The van der Waals surface area contributed by atoms with Gasteiger partial charge in [0.1, 0.15) is 0 Å². The van der Waals surface area contributed by atoms with Crippen molar-refractivity contribution in [3.8, 4) is 0 Å². The highest BCUT2D eigenvalue weighted by molar-refractivity contribution is 6.39. The minimum atomic E-state index is -0.646. The lowest BCUT2D eigenvalue weighted by molar-refractivity contribution is -0.136. The highest BCUT2D eigenvalue weighted by Crippen LogP contribution is 2.60. The molecule has 0 radical (unpaired) electrons. The summed E-state index contributed by atoms with van der Waals surface area (Å²) in [4.78, 5) is 23.9. The van der Waals surface area contributed by atoms with Gasteiger partial charge in [0.2, 0.25) is 5.78 Å². The third kappa shape index (κ3) is 4.26. The first-order chi connectivity index (χ1) is 14.7. The van der Waals surface area contributed by atoms with Crippen LogP contribution in [0.25, 0.3) is 0 Å². The van der Waals surface area contributed by atoms with Crippen LogP contribution < -0.4 is 0 Å². The van der Waals surface area contributed by atoms with E-state index in [1.54, 1.807) is 0 Å². The Hall–Kier alpha value is -1.52. The molecule has 0 spiro atoms. The number of aliphatic hydroxyl groups is 2. The van der Waals surface area contributed by atoms with Crippen LogP contribution in [0.2, 0.25) is 0 Å². The van der Waals surface area contributed by atoms with Crippen molar-refractivity contribution < 1.29 is 19.8 Å². The molecular weight excluding hydrogens is 388 g/mol. The molecule has 0 aromatic heterocycles. The van der Waals surface area contributed by atoms with Crippen molar-refractivity contribution in [2.75, 3.05) is 0 Å². The first kappa shape index (κ1) is 22.7. The van der Waals surface area contributed by atoms with Gasteiger partial charge in [0.15, 0.2) is 5.78 Å². The van der Waals surface area contributed by atoms with E-state index < -0.39 is 12.2 Å². The molecule has 170 valence electrons. The van der Waals surface area contributed by atoms with Crippen LogP contribution in [0.1, 0.15) is 78.1 Å². The largest absolute Gasteiger partial charge is 0.393 e. The molecule has 4 aliphatic rings. The van der Waals surface area contributed by atoms with Crippen LogP contribution in [0.15, 0.2) is 35.5 Å². The maximum absolute atomic E-state index is 12.2. The van der Waals surface area contributed by atoms with Crippen LogP contribution in [0, 0.1) is 29.1 Å². The fourth-order valence-corrected chi connectivity index (χ4v) is 7.30. The Labute approximate surface area is 186 Å². The molecule has 2 N–H and O–H groups in total. The molecule has 0 saturated heterocycles. The van der Waals surface area contributed by atoms with E-state index in [1.165, 1.54) is 31.3 Å². The van der Waals surface area contributed by atoms with E-state index in [9.17, 15) is 19.8 Å². The maximum Gasteiger partial charge on any atom is 0.201 e. The summed E-state index contributed by atoms with van der Waals surface area (Å²) in [6.45, 7) is 8.78. The van der Waals surface area contributed by atoms with Crippen LogP contribution in [0.3, 0.4) is 0 Å². The van der Waals surface area contributed by atoms with E-state index in [2.05, 4.69) is 32.6 Å². The van der Waals surface area contributed by atoms with Crippen molar-refractivity contribution in [1.29, 1.82) is 0 Å². The maximum atomic E-state index is 12.2. The first-order valence-corrected chi connectivity index (χ1v) is 12.2. The third-order valence-corrected chi connectivity index (χ3v) is 9.01. The lowest BCUT2D eigenvalue weighted by Crippen LogP contribution is -2.36. The predicted molar refractivity (Wildman–Crippen MR) is 121 cm³/mol. The Morgan fingerprint density at radius 3 is 2.65 bits per heavy atom. The summed E-state index contributed by atoms with van der Waals surface area (Å²) in [5.41, 5.74) is 3.45. The van der Waals surface area contributed by atoms with Gasteiger partial charge >= 0.3 is 0 Å². The van der Waals surface area contributed by atoms with Crippen molar-refractivity contribution in [3.63, 3.8) is 0 Å². The topological polar surface area (TPSA) is 74.6 Å². The first-order valence-electron chi connectivity index (χ1n) is 12.2. The van der Waals surface area contributed by atoms with Gasteiger partial charge in [-0.2, -0.15) is 0 Å². The van der Waals surface area contributed by atoms with Crippen molar-refractivity contribution in [2.24, 2.45) is 29.1 Å². The quantitative estimate of drug-likeness (QED) is 0.639. The minimum Gasteiger partial charge on any atom is -0.393 e. The Balaban J connectivity index is 1.49. The highest BCUT2D eigenvalue weighted by Gasteiger charge is 2.51. The van der Waals surface area contributed by atoms with Crippen molar-refractivity contribution >= 4 is 11.6 Å². The number of allylic oxidation sites excluding steroid dienone is 3. The van der Waals surface area contributed by atoms with Crippen molar-refractivity contribution in [2.45, 2.75) is 90.3 Å². The zero-order chi connectivity index (χ0) is 22.3. The number of rotatable bonds is 4. The molecule has 0 amide bonds. The van der Waals surface area contributed by atoms with E-state index in [1.807, 2.05) is 0 Å². The van der Waals surface area contributed by atoms with Crippen LogP contribution in [-0.2, 0) is 9.59 Å². The Kier molecular flexibility index (Phi) is 6.42. The number of carbonyl (C=O) groups is 2. The zero-order valence-corrected chi connectivity index (χ0v) is 19.1. The predicted octanol–water partition coefficient (Wildman–Crippen LogP) is 4.70. The fourth-order valence-electron chi connectivity index (χ4n) is 7.30. The average molecular weight is 427 g/mol. The number of hydrogen-bond acceptors (Lipinski definition) is 4. The second-order valence-corrected chi connectivity index (χ2v) is 10.9. The van der Waals surface area contributed by atoms with Gasteiger partial charge in [0, 0.05) is 18.8 Å². The lowest BCUT2D eigenvalue weighted by atomic mass is 9.60. The molecule has 0 bridgehead atoms. The highest BCUT2D eigenvalue weighted by atomic mass is 16.3. The molecule has 31 heavy (non-hydrogen) atoms. The van der Waals surface area contributed by atoms with Gasteiger partial charge in [0.05, 0.1) is 12.2 Å². The second kappa shape index (κ2) is 8.78. The molecular formula is C27H38O4. The molecule has 4 aliphatic carbocycles. The zero-order valence-electron chi connectivity index (χ0n) is 19.1. The van der Waals surface area contributed by atoms with Gasteiger partial charge in [-0.1, -0.05) is 38.2 Å². The van der Waals surface area contributed by atoms with Gasteiger partial charge in [0.25, 0.3) is 0 Å². The van der Waals surface area contributed by atoms with Gasteiger partial charge < -0.3 is 10.2 Å². The molecule has 4 rings (SSSR count). The monoisotopic (exact) mass is 426 g/mol. The molecule has 0 heterocycles. The van der Waals surface area contributed by atoms with E-state index in [4.69, 9.17) is 0 Å². The summed E-state index contributed by atoms with van der Waals surface area (Å²) in [5, 5.41) is 20.2. The van der Waals surface area contributed by atoms with Crippen LogP contribution >= 0.6 is 0 Å². The van der Waals surface area contributed by atoms with E-state index in [-0.39, 0.29) is 22.9 Å². The molecule has 4 nitrogen and oxygen atoms in total. The smallest absolute Gasteiger partial charge is 0.201 e. The van der Waals surface area contributed by atoms with Gasteiger partial charge in [-0.05, 0) is 85.7 Å². The van der Waals surface area contributed by atoms with Crippen molar-refractivity contribution in [3.05, 3.63) is 35.5 Å². The molecule has 4 fully saturated rings. The summed E-state index contributed by atoms with van der Waals surface area (Å²) >= 11 is 0. The number of aliphatic hydroxyl groups excluding tert-OH is 2. The number of fused-ring (bicyclic) bond motifs is 1. The summed E-state index contributed by atoms with van der Waals surface area (Å²) < 4.78 is 0. The minimum absolute atomic E-state index is 0.0522. The standard InChI is InChI=1S/C27H38O4/c1-16(13-20-8-11-24(29)26(20)31)22-9-10-23-18(5-4-12-27(22,23)3)6-7-19-14-21(28)15-25(30)17(19)2/h6-7,16,20-23,25,28,30H,2,4-5,8-15H2,1,3H3/t16-,20?,21-,22-,23?,25+,27-/m1/s1.